The summed E-state index contributed by atoms with van der Waals surface area (Å²) in [6, 6.07) is 3.70. The van der Waals surface area contributed by atoms with Crippen LogP contribution in [-0.4, -0.2) is 18.5 Å². The van der Waals surface area contributed by atoms with Crippen LogP contribution in [0.4, 0.5) is 0 Å². The Morgan fingerprint density at radius 1 is 1.60 bits per heavy atom. The molecule has 0 spiro atoms. The highest BCUT2D eigenvalue weighted by Gasteiger charge is 2.10. The molecule has 0 bridgehead atoms. The van der Waals surface area contributed by atoms with Gasteiger partial charge in [0, 0.05) is 12.6 Å². The number of carbonyl (C=O) groups is 1. The average molecular weight is 249 g/mol. The van der Waals surface area contributed by atoms with Gasteiger partial charge in [-0.25, -0.2) is 0 Å². The quantitative estimate of drug-likeness (QED) is 0.855. The van der Waals surface area contributed by atoms with E-state index in [-0.39, 0.29) is 24.4 Å². The van der Waals surface area contributed by atoms with Crippen LogP contribution >= 0.6 is 23.7 Å². The zero-order chi connectivity index (χ0) is 10.6. The van der Waals surface area contributed by atoms with E-state index < -0.39 is 0 Å². The molecular weight excluding hydrogens is 232 g/mol. The number of hydrogen-bond donors (Lipinski definition) is 2. The summed E-state index contributed by atoms with van der Waals surface area (Å²) < 4.78 is 0. The van der Waals surface area contributed by atoms with Crippen LogP contribution in [0.25, 0.3) is 0 Å². The topological polar surface area (TPSA) is 55.1 Å². The van der Waals surface area contributed by atoms with Gasteiger partial charge in [0.2, 0.25) is 0 Å². The largest absolute Gasteiger partial charge is 0.350 e. The summed E-state index contributed by atoms with van der Waals surface area (Å²) in [5.74, 6) is 0.356. The van der Waals surface area contributed by atoms with E-state index in [0.29, 0.717) is 12.5 Å². The standard InChI is InChI=1S/C10H16N2OS.ClH/c1-7(2)8(11)6-12-10(13)9-4-3-5-14-9;/h3-5,7-8H,6,11H2,1-2H3,(H,12,13);1H/t8-;/m0./s1. The summed E-state index contributed by atoms with van der Waals surface area (Å²) >= 11 is 1.44. The van der Waals surface area contributed by atoms with Crippen LogP contribution in [-0.2, 0) is 0 Å². The lowest BCUT2D eigenvalue weighted by Crippen LogP contribution is -2.40. The van der Waals surface area contributed by atoms with Crippen molar-refractivity contribution >= 4 is 29.7 Å². The molecule has 0 fully saturated rings. The van der Waals surface area contributed by atoms with Crippen molar-refractivity contribution in [1.29, 1.82) is 0 Å². The summed E-state index contributed by atoms with van der Waals surface area (Å²) in [6.07, 6.45) is 0. The van der Waals surface area contributed by atoms with Gasteiger partial charge in [0.1, 0.15) is 0 Å². The molecule has 3 N–H and O–H groups in total. The van der Waals surface area contributed by atoms with E-state index in [4.69, 9.17) is 5.73 Å². The Hall–Kier alpha value is -0.580. The van der Waals surface area contributed by atoms with Crippen molar-refractivity contribution in [3.63, 3.8) is 0 Å². The Kier molecular flexibility index (Phi) is 6.56. The third kappa shape index (κ3) is 4.64. The third-order valence-electron chi connectivity index (χ3n) is 2.10. The summed E-state index contributed by atoms with van der Waals surface area (Å²) in [4.78, 5) is 12.2. The van der Waals surface area contributed by atoms with E-state index in [1.165, 1.54) is 11.3 Å². The van der Waals surface area contributed by atoms with Crippen molar-refractivity contribution in [2.75, 3.05) is 6.54 Å². The molecule has 1 aromatic heterocycles. The molecule has 0 radical (unpaired) electrons. The van der Waals surface area contributed by atoms with Gasteiger partial charge >= 0.3 is 0 Å². The van der Waals surface area contributed by atoms with Gasteiger partial charge in [-0.05, 0) is 17.4 Å². The van der Waals surface area contributed by atoms with E-state index in [2.05, 4.69) is 5.32 Å². The van der Waals surface area contributed by atoms with Gasteiger partial charge in [-0.1, -0.05) is 19.9 Å². The molecule has 1 amide bonds. The highest BCUT2D eigenvalue weighted by molar-refractivity contribution is 7.12. The van der Waals surface area contributed by atoms with Gasteiger partial charge in [0.05, 0.1) is 4.88 Å². The predicted octanol–water partition coefficient (Wildman–Crippen LogP) is 1.88. The first-order chi connectivity index (χ1) is 6.61. The first-order valence-electron chi connectivity index (χ1n) is 4.68. The van der Waals surface area contributed by atoms with Crippen LogP contribution in [0.3, 0.4) is 0 Å². The number of hydrogen-bond acceptors (Lipinski definition) is 3. The number of thiophene rings is 1. The second kappa shape index (κ2) is 6.82. The maximum absolute atomic E-state index is 11.5. The van der Waals surface area contributed by atoms with Gasteiger partial charge in [-0.2, -0.15) is 0 Å². The summed E-state index contributed by atoms with van der Waals surface area (Å²) in [5, 5.41) is 4.70. The molecule has 1 rings (SSSR count). The van der Waals surface area contributed by atoms with Crippen LogP contribution in [0.1, 0.15) is 23.5 Å². The lowest BCUT2D eigenvalue weighted by Gasteiger charge is -2.15. The number of halogens is 1. The fourth-order valence-corrected chi connectivity index (χ4v) is 1.58. The second-order valence-electron chi connectivity index (χ2n) is 3.60. The van der Waals surface area contributed by atoms with Gasteiger partial charge in [0.25, 0.3) is 5.91 Å². The maximum Gasteiger partial charge on any atom is 0.261 e. The molecule has 5 heteroatoms. The van der Waals surface area contributed by atoms with Crippen LogP contribution < -0.4 is 11.1 Å². The molecule has 1 atom stereocenters. The van der Waals surface area contributed by atoms with Crippen LogP contribution in [0, 0.1) is 5.92 Å². The predicted molar refractivity (Wildman–Crippen MR) is 66.7 cm³/mol. The Labute approximate surface area is 100 Å². The Balaban J connectivity index is 0.00000196. The Morgan fingerprint density at radius 2 is 2.27 bits per heavy atom. The van der Waals surface area contributed by atoms with Crippen LogP contribution in [0.2, 0.25) is 0 Å². The first-order valence-corrected chi connectivity index (χ1v) is 5.56. The second-order valence-corrected chi connectivity index (χ2v) is 4.54. The maximum atomic E-state index is 11.5. The lowest BCUT2D eigenvalue weighted by molar-refractivity contribution is 0.0953. The van der Waals surface area contributed by atoms with Crippen molar-refractivity contribution in [3.05, 3.63) is 22.4 Å². The lowest BCUT2D eigenvalue weighted by atomic mass is 10.1. The highest BCUT2D eigenvalue weighted by atomic mass is 35.5. The minimum absolute atomic E-state index is 0. The first kappa shape index (κ1) is 14.4. The summed E-state index contributed by atoms with van der Waals surface area (Å²) in [5.41, 5.74) is 5.81. The monoisotopic (exact) mass is 248 g/mol. The van der Waals surface area contributed by atoms with Gasteiger partial charge in [-0.3, -0.25) is 4.79 Å². The average Bonchev–Trinajstić information content (AvgIpc) is 2.66. The number of rotatable bonds is 4. The Morgan fingerprint density at radius 3 is 2.73 bits per heavy atom. The fraction of sp³-hybridized carbons (Fsp3) is 0.500. The van der Waals surface area contributed by atoms with Gasteiger partial charge in [0.15, 0.2) is 0 Å². The molecule has 0 saturated carbocycles. The molecule has 0 aliphatic heterocycles. The number of carbonyl (C=O) groups excluding carboxylic acids is 1. The Bertz CT molecular complexity index is 288. The zero-order valence-electron chi connectivity index (χ0n) is 8.90. The SMILES string of the molecule is CC(C)[C@@H](N)CNC(=O)c1cccs1.Cl. The van der Waals surface area contributed by atoms with E-state index >= 15 is 0 Å². The van der Waals surface area contributed by atoms with E-state index in [9.17, 15) is 4.79 Å². The van der Waals surface area contributed by atoms with Crippen molar-refractivity contribution in [2.45, 2.75) is 19.9 Å². The van der Waals surface area contributed by atoms with Crippen LogP contribution in [0.5, 0.6) is 0 Å². The molecule has 1 aromatic rings. The smallest absolute Gasteiger partial charge is 0.261 e. The van der Waals surface area contributed by atoms with Gasteiger partial charge in [-0.15, -0.1) is 23.7 Å². The van der Waals surface area contributed by atoms with E-state index in [1.807, 2.05) is 25.3 Å². The van der Waals surface area contributed by atoms with Crippen molar-refractivity contribution < 1.29 is 4.79 Å². The molecule has 1 heterocycles. The molecular formula is C10H17ClN2OS. The molecule has 15 heavy (non-hydrogen) atoms. The number of nitrogens with two attached hydrogens (primary N) is 1. The van der Waals surface area contributed by atoms with Gasteiger partial charge < -0.3 is 11.1 Å². The minimum Gasteiger partial charge on any atom is -0.350 e. The third-order valence-corrected chi connectivity index (χ3v) is 2.97. The molecule has 0 saturated heterocycles. The number of nitrogens with one attached hydrogen (secondary N) is 1. The summed E-state index contributed by atoms with van der Waals surface area (Å²) in [7, 11) is 0. The minimum atomic E-state index is -0.0314. The zero-order valence-corrected chi connectivity index (χ0v) is 10.5. The number of amides is 1. The molecule has 0 unspecified atom stereocenters. The highest BCUT2D eigenvalue weighted by Crippen LogP contribution is 2.07. The summed E-state index contributed by atoms with van der Waals surface area (Å²) in [6.45, 7) is 4.62. The van der Waals surface area contributed by atoms with Crippen LogP contribution in [0.15, 0.2) is 17.5 Å². The van der Waals surface area contributed by atoms with E-state index in [1.54, 1.807) is 6.07 Å². The van der Waals surface area contributed by atoms with Crippen molar-refractivity contribution in [1.82, 2.24) is 5.32 Å². The molecule has 3 nitrogen and oxygen atoms in total. The molecule has 0 aromatic carbocycles. The normalized spacial score (nSPS) is 12.0. The van der Waals surface area contributed by atoms with Crippen molar-refractivity contribution in [3.8, 4) is 0 Å². The fourth-order valence-electron chi connectivity index (χ4n) is 0.941. The molecule has 0 aliphatic carbocycles. The van der Waals surface area contributed by atoms with E-state index in [0.717, 1.165) is 4.88 Å². The van der Waals surface area contributed by atoms with Crippen molar-refractivity contribution in [2.24, 2.45) is 11.7 Å². The molecule has 86 valence electrons. The molecule has 0 aliphatic rings.